The molecule has 0 aliphatic heterocycles. The number of hydrogen-bond acceptors (Lipinski definition) is 7. The van der Waals surface area contributed by atoms with Crippen LogP contribution in [0.2, 0.25) is 0 Å². The third-order valence-electron chi connectivity index (χ3n) is 4.10. The number of carbonyl (C=O) groups excluding carboxylic acids is 2. The molecule has 0 atom stereocenters. The van der Waals surface area contributed by atoms with Gasteiger partial charge in [0.1, 0.15) is 12.4 Å². The normalized spacial score (nSPS) is 10.3. The van der Waals surface area contributed by atoms with Gasteiger partial charge in [-0.3, -0.25) is 14.9 Å². The third-order valence-corrected chi connectivity index (χ3v) is 4.10. The second-order valence-electron chi connectivity index (χ2n) is 6.26. The number of rotatable bonds is 8. The Labute approximate surface area is 171 Å². The summed E-state index contributed by atoms with van der Waals surface area (Å²) in [7, 11) is 0. The van der Waals surface area contributed by atoms with E-state index in [0.717, 1.165) is 0 Å². The highest BCUT2D eigenvalue weighted by Crippen LogP contribution is 2.21. The lowest BCUT2D eigenvalue weighted by Crippen LogP contribution is -2.21. The van der Waals surface area contributed by atoms with E-state index in [1.165, 1.54) is 24.5 Å². The lowest BCUT2D eigenvalue weighted by molar-refractivity contribution is -0.384. The van der Waals surface area contributed by atoms with Gasteiger partial charge < -0.3 is 19.2 Å². The molecule has 1 aromatic heterocycles. The number of benzene rings is 2. The maximum Gasteiger partial charge on any atom is 0.375 e. The number of ether oxygens (including phenoxy) is 2. The number of amides is 1. The third kappa shape index (κ3) is 5.22. The van der Waals surface area contributed by atoms with Crippen LogP contribution in [0.4, 0.5) is 11.4 Å². The van der Waals surface area contributed by atoms with E-state index in [0.29, 0.717) is 22.6 Å². The minimum atomic E-state index is -0.803. The molecule has 0 saturated heterocycles. The van der Waals surface area contributed by atoms with E-state index in [1.807, 2.05) is 18.2 Å². The fourth-order valence-corrected chi connectivity index (χ4v) is 2.59. The summed E-state index contributed by atoms with van der Waals surface area (Å²) in [6.07, 6.45) is 1.33. The summed E-state index contributed by atoms with van der Waals surface area (Å²) >= 11 is 0. The largest absolute Gasteiger partial charge is 0.489 e. The van der Waals surface area contributed by atoms with Crippen molar-refractivity contribution >= 4 is 23.3 Å². The first kappa shape index (κ1) is 20.6. The molecule has 0 bridgehead atoms. The minimum absolute atomic E-state index is 0.0507. The number of nitro benzene ring substituents is 1. The van der Waals surface area contributed by atoms with Gasteiger partial charge in [0, 0.05) is 23.4 Å². The Kier molecular flexibility index (Phi) is 6.43. The van der Waals surface area contributed by atoms with Crippen LogP contribution < -0.4 is 10.1 Å². The van der Waals surface area contributed by atoms with Crippen molar-refractivity contribution in [3.63, 3.8) is 0 Å². The van der Waals surface area contributed by atoms with Gasteiger partial charge in [-0.2, -0.15) is 0 Å². The first-order valence-electron chi connectivity index (χ1n) is 8.90. The molecule has 0 spiro atoms. The summed E-state index contributed by atoms with van der Waals surface area (Å²) < 4.78 is 15.8. The number of nitrogens with zero attached hydrogens (tertiary/aromatic N) is 1. The molecule has 9 nitrogen and oxygen atoms in total. The van der Waals surface area contributed by atoms with Crippen LogP contribution in [0.1, 0.15) is 21.7 Å². The van der Waals surface area contributed by atoms with Crippen molar-refractivity contribution in [2.75, 3.05) is 11.9 Å². The number of anilines is 1. The van der Waals surface area contributed by atoms with Gasteiger partial charge in [-0.1, -0.05) is 18.2 Å². The number of nitro groups is 1. The van der Waals surface area contributed by atoms with Crippen molar-refractivity contribution in [2.24, 2.45) is 0 Å². The zero-order chi connectivity index (χ0) is 21.5. The number of esters is 1. The Balaban J connectivity index is 1.54. The molecule has 3 aromatic rings. The van der Waals surface area contributed by atoms with Gasteiger partial charge in [-0.15, -0.1) is 0 Å². The van der Waals surface area contributed by atoms with Gasteiger partial charge in [0.05, 0.1) is 11.2 Å². The van der Waals surface area contributed by atoms with E-state index in [1.54, 1.807) is 25.1 Å². The summed E-state index contributed by atoms with van der Waals surface area (Å²) in [6, 6.07) is 14.7. The molecule has 1 heterocycles. The number of aryl methyl sites for hydroxylation is 1. The monoisotopic (exact) mass is 410 g/mol. The van der Waals surface area contributed by atoms with Gasteiger partial charge in [-0.25, -0.2) is 4.79 Å². The van der Waals surface area contributed by atoms with Gasteiger partial charge in [0.15, 0.2) is 6.61 Å². The van der Waals surface area contributed by atoms with E-state index >= 15 is 0 Å². The highest BCUT2D eigenvalue weighted by molar-refractivity contribution is 5.95. The van der Waals surface area contributed by atoms with E-state index in [4.69, 9.17) is 13.9 Å². The Morgan fingerprint density at radius 1 is 1.13 bits per heavy atom. The Bertz CT molecular complexity index is 1060. The Morgan fingerprint density at radius 2 is 1.90 bits per heavy atom. The lowest BCUT2D eigenvalue weighted by atomic mass is 10.2. The molecule has 3 rings (SSSR count). The molecular formula is C21H18N2O7. The van der Waals surface area contributed by atoms with Crippen molar-refractivity contribution in [3.8, 4) is 5.75 Å². The molecule has 0 aliphatic carbocycles. The van der Waals surface area contributed by atoms with Crippen LogP contribution in [-0.4, -0.2) is 23.4 Å². The summed E-state index contributed by atoms with van der Waals surface area (Å²) in [5, 5.41) is 13.3. The molecule has 1 amide bonds. The molecule has 30 heavy (non-hydrogen) atoms. The fraction of sp³-hybridized carbons (Fsp3) is 0.143. The molecule has 0 aliphatic rings. The van der Waals surface area contributed by atoms with Crippen LogP contribution in [0.15, 0.2) is 65.3 Å². The van der Waals surface area contributed by atoms with E-state index in [9.17, 15) is 19.7 Å². The van der Waals surface area contributed by atoms with Gasteiger partial charge >= 0.3 is 5.97 Å². The number of non-ortho nitro benzene ring substituents is 1. The topological polar surface area (TPSA) is 121 Å². The maximum absolute atomic E-state index is 12.3. The molecule has 0 saturated carbocycles. The quantitative estimate of drug-likeness (QED) is 0.340. The zero-order valence-electron chi connectivity index (χ0n) is 16.0. The van der Waals surface area contributed by atoms with Crippen LogP contribution >= 0.6 is 0 Å². The summed E-state index contributed by atoms with van der Waals surface area (Å²) in [5.74, 6) is -0.808. The molecule has 2 aromatic carbocycles. The second-order valence-corrected chi connectivity index (χ2v) is 6.26. The van der Waals surface area contributed by atoms with Crippen molar-refractivity contribution in [2.45, 2.75) is 13.5 Å². The van der Waals surface area contributed by atoms with Crippen LogP contribution in [0.25, 0.3) is 0 Å². The minimum Gasteiger partial charge on any atom is -0.489 e. The SMILES string of the molecule is Cc1cc([N+](=O)[O-])ccc1NC(=O)COC(=O)c1occc1COc1ccccc1. The molecular weight excluding hydrogens is 392 g/mol. The molecule has 1 N–H and O–H groups in total. The maximum atomic E-state index is 12.3. The van der Waals surface area contributed by atoms with Crippen LogP contribution in [-0.2, 0) is 16.1 Å². The molecule has 154 valence electrons. The highest BCUT2D eigenvalue weighted by atomic mass is 16.6. The van der Waals surface area contributed by atoms with Crippen molar-refractivity contribution in [1.82, 2.24) is 0 Å². The van der Waals surface area contributed by atoms with Crippen molar-refractivity contribution in [1.29, 1.82) is 0 Å². The number of carbonyl (C=O) groups is 2. The molecule has 0 fully saturated rings. The van der Waals surface area contributed by atoms with E-state index in [-0.39, 0.29) is 18.1 Å². The van der Waals surface area contributed by atoms with E-state index in [2.05, 4.69) is 5.32 Å². The van der Waals surface area contributed by atoms with Crippen LogP contribution in [0.3, 0.4) is 0 Å². The number of hydrogen-bond donors (Lipinski definition) is 1. The fourth-order valence-electron chi connectivity index (χ4n) is 2.59. The average Bonchev–Trinajstić information content (AvgIpc) is 3.21. The Hall–Kier alpha value is -4.14. The molecule has 9 heteroatoms. The van der Waals surface area contributed by atoms with Gasteiger partial charge in [0.25, 0.3) is 11.6 Å². The van der Waals surface area contributed by atoms with Crippen LogP contribution in [0.5, 0.6) is 5.75 Å². The lowest BCUT2D eigenvalue weighted by Gasteiger charge is -2.09. The number of nitrogens with one attached hydrogen (secondary N) is 1. The van der Waals surface area contributed by atoms with Crippen LogP contribution in [0, 0.1) is 17.0 Å². The first-order chi connectivity index (χ1) is 14.4. The predicted molar refractivity (Wildman–Crippen MR) is 106 cm³/mol. The summed E-state index contributed by atoms with van der Waals surface area (Å²) in [5.41, 5.74) is 1.29. The number of para-hydroxylation sites is 1. The molecule has 0 unspecified atom stereocenters. The first-order valence-corrected chi connectivity index (χ1v) is 8.90. The smallest absolute Gasteiger partial charge is 0.375 e. The van der Waals surface area contributed by atoms with Gasteiger partial charge in [0.2, 0.25) is 5.76 Å². The van der Waals surface area contributed by atoms with Gasteiger partial charge in [-0.05, 0) is 36.8 Å². The standard InChI is InChI=1S/C21H18N2O7/c1-14-11-16(23(26)27)7-8-18(14)22-19(24)13-30-21(25)20-15(9-10-28-20)12-29-17-5-3-2-4-6-17/h2-11H,12-13H2,1H3,(H,22,24). The predicted octanol–water partition coefficient (Wildman–Crippen LogP) is 3.87. The second kappa shape index (κ2) is 9.37. The average molecular weight is 410 g/mol. The summed E-state index contributed by atoms with van der Waals surface area (Å²) in [4.78, 5) is 34.6. The van der Waals surface area contributed by atoms with Crippen molar-refractivity contribution in [3.05, 3.63) is 87.9 Å². The summed E-state index contributed by atoms with van der Waals surface area (Å²) in [6.45, 7) is 1.17. The highest BCUT2D eigenvalue weighted by Gasteiger charge is 2.19. The Morgan fingerprint density at radius 3 is 2.60 bits per heavy atom. The van der Waals surface area contributed by atoms with Crippen molar-refractivity contribution < 1.29 is 28.4 Å². The zero-order valence-corrected chi connectivity index (χ0v) is 16.0. The van der Waals surface area contributed by atoms with E-state index < -0.39 is 23.4 Å². The number of furan rings is 1. The molecule has 0 radical (unpaired) electrons.